The van der Waals surface area contributed by atoms with E-state index in [1.54, 1.807) is 0 Å². The van der Waals surface area contributed by atoms with Gasteiger partial charge in [-0.05, 0) is 12.5 Å². The molecule has 0 spiro atoms. The summed E-state index contributed by atoms with van der Waals surface area (Å²) >= 11 is 0. The van der Waals surface area contributed by atoms with Gasteiger partial charge in [0.2, 0.25) is 0 Å². The third kappa shape index (κ3) is 9.84. The Bertz CT molecular complexity index is 96.1. The van der Waals surface area contributed by atoms with E-state index >= 15 is 0 Å². The summed E-state index contributed by atoms with van der Waals surface area (Å²) < 4.78 is 0. The zero-order valence-corrected chi connectivity index (χ0v) is 9.14. The maximum absolute atomic E-state index is 10.2. The van der Waals surface area contributed by atoms with Gasteiger partial charge in [0.15, 0.2) is 0 Å². The van der Waals surface area contributed by atoms with E-state index in [0.717, 1.165) is 6.42 Å². The molecule has 1 unspecified atom stereocenters. The van der Waals surface area contributed by atoms with E-state index in [2.05, 4.69) is 6.92 Å². The highest BCUT2D eigenvalue weighted by atomic mass is 16.5. The van der Waals surface area contributed by atoms with Crippen molar-refractivity contribution in [1.82, 2.24) is 5.48 Å². The molecular weight excluding hydrogens is 162 g/mol. The molecular formula is C11H24NO-. The van der Waals surface area contributed by atoms with Crippen molar-refractivity contribution in [3.05, 3.63) is 5.21 Å². The SMILES string of the molecule is CCCCCCCCCC(C)N[O-]. The molecule has 0 radical (unpaired) electrons. The maximum Gasteiger partial charge on any atom is -0.00799 e. The molecule has 80 valence electrons. The van der Waals surface area contributed by atoms with Crippen molar-refractivity contribution in [3.63, 3.8) is 0 Å². The predicted octanol–water partition coefficient (Wildman–Crippen LogP) is 3.60. The summed E-state index contributed by atoms with van der Waals surface area (Å²) in [5, 5.41) is 10.2. The monoisotopic (exact) mass is 186 g/mol. The lowest BCUT2D eigenvalue weighted by atomic mass is 10.1. The van der Waals surface area contributed by atoms with Gasteiger partial charge in [-0.25, -0.2) is 0 Å². The van der Waals surface area contributed by atoms with Gasteiger partial charge in [0.25, 0.3) is 0 Å². The first-order valence-electron chi connectivity index (χ1n) is 5.69. The quantitative estimate of drug-likeness (QED) is 0.441. The van der Waals surface area contributed by atoms with Crippen molar-refractivity contribution < 1.29 is 0 Å². The number of hydrogen-bond acceptors (Lipinski definition) is 2. The molecule has 0 fully saturated rings. The van der Waals surface area contributed by atoms with Crippen LogP contribution in [0.2, 0.25) is 0 Å². The number of unbranched alkanes of at least 4 members (excludes halogenated alkanes) is 6. The Hall–Kier alpha value is -0.0800. The van der Waals surface area contributed by atoms with Crippen LogP contribution in [-0.2, 0) is 0 Å². The summed E-state index contributed by atoms with van der Waals surface area (Å²) in [6, 6.07) is 0.149. The highest BCUT2D eigenvalue weighted by Crippen LogP contribution is 2.09. The number of nitrogens with one attached hydrogen (secondary N) is 1. The average Bonchev–Trinajstić information content (AvgIpc) is 2.16. The van der Waals surface area contributed by atoms with Gasteiger partial charge in [-0.1, -0.05) is 58.8 Å². The minimum absolute atomic E-state index is 0.149. The van der Waals surface area contributed by atoms with Gasteiger partial charge in [-0.2, -0.15) is 0 Å². The lowest BCUT2D eigenvalue weighted by Crippen LogP contribution is -2.18. The summed E-state index contributed by atoms with van der Waals surface area (Å²) in [5.41, 5.74) is 2.03. The van der Waals surface area contributed by atoms with Crippen molar-refractivity contribution in [2.75, 3.05) is 0 Å². The Morgan fingerprint density at radius 2 is 1.54 bits per heavy atom. The van der Waals surface area contributed by atoms with Crippen LogP contribution >= 0.6 is 0 Å². The van der Waals surface area contributed by atoms with Gasteiger partial charge in [0.1, 0.15) is 0 Å². The summed E-state index contributed by atoms with van der Waals surface area (Å²) in [6.45, 7) is 4.19. The summed E-state index contributed by atoms with van der Waals surface area (Å²) in [5.74, 6) is 0. The fourth-order valence-electron chi connectivity index (χ4n) is 1.47. The molecule has 0 saturated heterocycles. The van der Waals surface area contributed by atoms with Crippen LogP contribution in [-0.4, -0.2) is 6.04 Å². The van der Waals surface area contributed by atoms with E-state index in [4.69, 9.17) is 0 Å². The van der Waals surface area contributed by atoms with Crippen LogP contribution in [0.25, 0.3) is 0 Å². The van der Waals surface area contributed by atoms with Crippen LogP contribution in [0, 0.1) is 5.21 Å². The molecule has 1 atom stereocenters. The first kappa shape index (κ1) is 12.9. The van der Waals surface area contributed by atoms with Crippen molar-refractivity contribution in [1.29, 1.82) is 0 Å². The summed E-state index contributed by atoms with van der Waals surface area (Å²) in [6.07, 6.45) is 10.3. The van der Waals surface area contributed by atoms with E-state index in [1.807, 2.05) is 12.4 Å². The molecule has 0 aromatic carbocycles. The number of hydroxylamine groups is 1. The van der Waals surface area contributed by atoms with Gasteiger partial charge >= 0.3 is 0 Å². The Balaban J connectivity index is 2.91. The predicted molar refractivity (Wildman–Crippen MR) is 58.6 cm³/mol. The number of rotatable bonds is 9. The van der Waals surface area contributed by atoms with E-state index in [0.29, 0.717) is 0 Å². The zero-order valence-electron chi connectivity index (χ0n) is 9.14. The van der Waals surface area contributed by atoms with Crippen molar-refractivity contribution in [3.8, 4) is 0 Å². The second-order valence-electron chi connectivity index (χ2n) is 3.93. The molecule has 1 N–H and O–H groups in total. The van der Waals surface area contributed by atoms with Crippen LogP contribution in [0.1, 0.15) is 65.2 Å². The summed E-state index contributed by atoms with van der Waals surface area (Å²) in [4.78, 5) is 0. The van der Waals surface area contributed by atoms with Crippen LogP contribution in [0.3, 0.4) is 0 Å². The first-order valence-corrected chi connectivity index (χ1v) is 5.69. The van der Waals surface area contributed by atoms with Gasteiger partial charge in [-0.3, -0.25) is 0 Å². The standard InChI is InChI=1S/C11H24NO/c1-3-4-5-6-7-8-9-10-11(2)12-13/h11-12H,3-10H2,1-2H3/q-1. The third-order valence-electron chi connectivity index (χ3n) is 2.44. The molecule has 2 nitrogen and oxygen atoms in total. The molecule has 0 aliphatic heterocycles. The Morgan fingerprint density at radius 3 is 2.08 bits per heavy atom. The third-order valence-corrected chi connectivity index (χ3v) is 2.44. The fraction of sp³-hybridized carbons (Fsp3) is 1.00. The normalized spacial score (nSPS) is 13.2. The average molecular weight is 186 g/mol. The molecule has 0 bridgehead atoms. The lowest BCUT2D eigenvalue weighted by molar-refractivity contribution is 0.518. The minimum Gasteiger partial charge on any atom is -0.788 e. The molecule has 0 aliphatic carbocycles. The first-order chi connectivity index (χ1) is 6.31. The van der Waals surface area contributed by atoms with E-state index < -0.39 is 0 Å². The number of hydrogen-bond donors (Lipinski definition) is 1. The van der Waals surface area contributed by atoms with Gasteiger partial charge in [0.05, 0.1) is 0 Å². The molecule has 0 amide bonds. The van der Waals surface area contributed by atoms with Crippen LogP contribution in [0.15, 0.2) is 0 Å². The molecule has 0 heterocycles. The highest BCUT2D eigenvalue weighted by molar-refractivity contribution is 4.59. The molecule has 0 rings (SSSR count). The van der Waals surface area contributed by atoms with Crippen molar-refractivity contribution in [2.24, 2.45) is 0 Å². The molecule has 13 heavy (non-hydrogen) atoms. The highest BCUT2D eigenvalue weighted by Gasteiger charge is 1.95. The van der Waals surface area contributed by atoms with Crippen molar-refractivity contribution >= 4 is 0 Å². The Morgan fingerprint density at radius 1 is 1.00 bits per heavy atom. The Labute approximate surface area is 82.7 Å². The fourth-order valence-corrected chi connectivity index (χ4v) is 1.47. The topological polar surface area (TPSA) is 35.1 Å². The molecule has 2 heteroatoms. The van der Waals surface area contributed by atoms with E-state index in [-0.39, 0.29) is 6.04 Å². The second-order valence-corrected chi connectivity index (χ2v) is 3.93. The maximum atomic E-state index is 10.2. The largest absolute Gasteiger partial charge is 0.788 e. The smallest absolute Gasteiger partial charge is 0.00799 e. The Kier molecular flexibility index (Phi) is 9.94. The van der Waals surface area contributed by atoms with E-state index in [9.17, 15) is 5.21 Å². The lowest BCUT2D eigenvalue weighted by Gasteiger charge is -2.16. The molecule has 0 aliphatic rings. The minimum atomic E-state index is 0.149. The van der Waals surface area contributed by atoms with Crippen molar-refractivity contribution in [2.45, 2.75) is 71.3 Å². The summed E-state index contributed by atoms with van der Waals surface area (Å²) in [7, 11) is 0. The molecule has 0 aromatic rings. The molecule has 0 aromatic heterocycles. The second kappa shape index (κ2) is 10.0. The van der Waals surface area contributed by atoms with Crippen LogP contribution in [0.4, 0.5) is 0 Å². The zero-order chi connectivity index (χ0) is 9.94. The van der Waals surface area contributed by atoms with Gasteiger partial charge < -0.3 is 10.7 Å². The van der Waals surface area contributed by atoms with Crippen LogP contribution in [0.5, 0.6) is 0 Å². The van der Waals surface area contributed by atoms with Gasteiger partial charge in [-0.15, -0.1) is 0 Å². The van der Waals surface area contributed by atoms with Gasteiger partial charge in [0, 0.05) is 0 Å². The van der Waals surface area contributed by atoms with E-state index in [1.165, 1.54) is 44.9 Å². The molecule has 0 saturated carbocycles. The van der Waals surface area contributed by atoms with Crippen LogP contribution < -0.4 is 5.48 Å².